The monoisotopic (exact) mass is 281 g/mol. The summed E-state index contributed by atoms with van der Waals surface area (Å²) in [4.78, 5) is 8.81. The van der Waals surface area contributed by atoms with E-state index in [2.05, 4.69) is 24.1 Å². The van der Waals surface area contributed by atoms with Crippen molar-refractivity contribution < 1.29 is 0 Å². The van der Waals surface area contributed by atoms with E-state index < -0.39 is 0 Å². The largest absolute Gasteiger partial charge is 0.348 e. The molecule has 1 fully saturated rings. The second-order valence-electron chi connectivity index (χ2n) is 5.48. The van der Waals surface area contributed by atoms with Crippen LogP contribution in [0, 0.1) is 5.92 Å². The summed E-state index contributed by atoms with van der Waals surface area (Å²) >= 11 is 1.89. The Balaban J connectivity index is 2.09. The van der Waals surface area contributed by atoms with Gasteiger partial charge in [0.15, 0.2) is 5.13 Å². The van der Waals surface area contributed by atoms with Crippen LogP contribution >= 0.6 is 11.3 Å². The Kier molecular flexibility index (Phi) is 5.64. The highest BCUT2D eigenvalue weighted by Crippen LogP contribution is 2.32. The van der Waals surface area contributed by atoms with E-state index in [1.54, 1.807) is 0 Å². The molecule has 1 aromatic heterocycles. The van der Waals surface area contributed by atoms with E-state index in [9.17, 15) is 0 Å². The van der Waals surface area contributed by atoms with E-state index in [0.717, 1.165) is 25.4 Å². The number of rotatable bonds is 8. The number of nitrogens with one attached hydrogen (secondary N) is 1. The lowest BCUT2D eigenvalue weighted by molar-refractivity contribution is 0.318. The number of anilines is 1. The van der Waals surface area contributed by atoms with Crippen molar-refractivity contribution in [2.24, 2.45) is 5.92 Å². The van der Waals surface area contributed by atoms with Gasteiger partial charge < -0.3 is 10.2 Å². The Morgan fingerprint density at radius 2 is 2.16 bits per heavy atom. The summed E-state index contributed by atoms with van der Waals surface area (Å²) < 4.78 is 0. The molecule has 108 valence electrons. The lowest BCUT2D eigenvalue weighted by atomic mass is 9.85. The minimum absolute atomic E-state index is 0.909. The molecule has 0 atom stereocenters. The van der Waals surface area contributed by atoms with E-state index in [4.69, 9.17) is 4.98 Å². The molecule has 0 radical (unpaired) electrons. The van der Waals surface area contributed by atoms with Gasteiger partial charge in [0.25, 0.3) is 0 Å². The number of hydrogen-bond acceptors (Lipinski definition) is 4. The molecular formula is C15H27N3S. The molecule has 0 bridgehead atoms. The molecule has 1 N–H and O–H groups in total. The molecule has 1 heterocycles. The van der Waals surface area contributed by atoms with Gasteiger partial charge in [-0.1, -0.05) is 19.8 Å². The summed E-state index contributed by atoms with van der Waals surface area (Å²) in [5.41, 5.74) is 1.31. The summed E-state index contributed by atoms with van der Waals surface area (Å²) in [5, 5.41) is 4.51. The van der Waals surface area contributed by atoms with Crippen molar-refractivity contribution >= 4 is 16.5 Å². The van der Waals surface area contributed by atoms with Crippen molar-refractivity contribution in [1.82, 2.24) is 10.3 Å². The normalized spacial score (nSPS) is 15.5. The number of thiazole rings is 1. The summed E-state index contributed by atoms with van der Waals surface area (Å²) in [6.07, 6.45) is 6.52. The molecule has 0 aromatic carbocycles. The van der Waals surface area contributed by atoms with Crippen molar-refractivity contribution in [3.8, 4) is 0 Å². The summed E-state index contributed by atoms with van der Waals surface area (Å²) in [6, 6.07) is 0. The highest BCUT2D eigenvalue weighted by molar-refractivity contribution is 7.15. The minimum Gasteiger partial charge on any atom is -0.348 e. The van der Waals surface area contributed by atoms with Crippen LogP contribution in [0.5, 0.6) is 0 Å². The van der Waals surface area contributed by atoms with Crippen molar-refractivity contribution in [2.45, 2.75) is 52.5 Å². The van der Waals surface area contributed by atoms with Crippen LogP contribution in [0.15, 0.2) is 0 Å². The first-order valence-electron chi connectivity index (χ1n) is 7.66. The number of aryl methyl sites for hydroxylation is 1. The Labute approximate surface area is 121 Å². The zero-order valence-electron chi connectivity index (χ0n) is 12.5. The second-order valence-corrected chi connectivity index (χ2v) is 6.54. The molecular weight excluding hydrogens is 254 g/mol. The van der Waals surface area contributed by atoms with Crippen molar-refractivity contribution in [3.63, 3.8) is 0 Å². The molecule has 0 amide bonds. The van der Waals surface area contributed by atoms with Gasteiger partial charge in [-0.25, -0.2) is 4.98 Å². The fourth-order valence-corrected chi connectivity index (χ4v) is 3.76. The molecule has 0 saturated heterocycles. The Morgan fingerprint density at radius 1 is 1.37 bits per heavy atom. The van der Waals surface area contributed by atoms with Gasteiger partial charge in [0.05, 0.1) is 5.69 Å². The van der Waals surface area contributed by atoms with Gasteiger partial charge in [-0.2, -0.15) is 0 Å². The SMILES string of the molecule is CCCc1nc(N(CC)CC2CCC2)sc1CNC. The zero-order chi connectivity index (χ0) is 13.7. The summed E-state index contributed by atoms with van der Waals surface area (Å²) in [6.45, 7) is 7.71. The molecule has 4 heteroatoms. The quantitative estimate of drug-likeness (QED) is 0.791. The van der Waals surface area contributed by atoms with Crippen LogP contribution in [-0.4, -0.2) is 25.1 Å². The summed E-state index contributed by atoms with van der Waals surface area (Å²) in [7, 11) is 2.01. The van der Waals surface area contributed by atoms with E-state index in [-0.39, 0.29) is 0 Å². The minimum atomic E-state index is 0.909. The Bertz CT molecular complexity index is 361. The third-order valence-electron chi connectivity index (χ3n) is 3.95. The van der Waals surface area contributed by atoms with Gasteiger partial charge in [0.1, 0.15) is 0 Å². The van der Waals surface area contributed by atoms with Gasteiger partial charge in [0, 0.05) is 24.5 Å². The molecule has 3 nitrogen and oxygen atoms in total. The molecule has 0 unspecified atom stereocenters. The van der Waals surface area contributed by atoms with Crippen molar-refractivity contribution in [1.29, 1.82) is 0 Å². The third-order valence-corrected chi connectivity index (χ3v) is 5.11. The number of aromatic nitrogens is 1. The molecule has 0 spiro atoms. The average Bonchev–Trinajstić information content (AvgIpc) is 2.72. The first-order valence-corrected chi connectivity index (χ1v) is 8.48. The molecule has 0 aliphatic heterocycles. The standard InChI is InChI=1S/C15H27N3S/c1-4-7-13-14(10-16-3)19-15(17-13)18(5-2)11-12-8-6-9-12/h12,16H,4-11H2,1-3H3. The van der Waals surface area contributed by atoms with Crippen LogP contribution in [0.25, 0.3) is 0 Å². The van der Waals surface area contributed by atoms with E-state index in [1.165, 1.54) is 47.9 Å². The predicted molar refractivity (Wildman–Crippen MR) is 84.1 cm³/mol. The van der Waals surface area contributed by atoms with Crippen LogP contribution < -0.4 is 10.2 Å². The van der Waals surface area contributed by atoms with E-state index in [0.29, 0.717) is 0 Å². The maximum absolute atomic E-state index is 4.91. The van der Waals surface area contributed by atoms with Crippen LogP contribution in [0.4, 0.5) is 5.13 Å². The van der Waals surface area contributed by atoms with Crippen LogP contribution in [0.3, 0.4) is 0 Å². The zero-order valence-corrected chi connectivity index (χ0v) is 13.4. The van der Waals surface area contributed by atoms with Crippen molar-refractivity contribution in [2.75, 3.05) is 25.0 Å². The van der Waals surface area contributed by atoms with Crippen LogP contribution in [0.2, 0.25) is 0 Å². The molecule has 19 heavy (non-hydrogen) atoms. The highest BCUT2D eigenvalue weighted by Gasteiger charge is 2.22. The highest BCUT2D eigenvalue weighted by atomic mass is 32.1. The fraction of sp³-hybridized carbons (Fsp3) is 0.800. The van der Waals surface area contributed by atoms with Gasteiger partial charge in [-0.3, -0.25) is 0 Å². The fourth-order valence-electron chi connectivity index (χ4n) is 2.57. The van der Waals surface area contributed by atoms with E-state index >= 15 is 0 Å². The molecule has 1 aromatic rings. The van der Waals surface area contributed by atoms with Gasteiger partial charge in [-0.15, -0.1) is 11.3 Å². The maximum Gasteiger partial charge on any atom is 0.185 e. The topological polar surface area (TPSA) is 28.2 Å². The predicted octanol–water partition coefficient (Wildman–Crippen LogP) is 3.44. The first kappa shape index (κ1) is 14.8. The van der Waals surface area contributed by atoms with Crippen LogP contribution in [-0.2, 0) is 13.0 Å². The second kappa shape index (κ2) is 7.25. The number of nitrogens with zero attached hydrogens (tertiary/aromatic N) is 2. The summed E-state index contributed by atoms with van der Waals surface area (Å²) in [5.74, 6) is 0.909. The number of hydrogen-bond donors (Lipinski definition) is 1. The average molecular weight is 281 g/mol. The molecule has 2 rings (SSSR count). The van der Waals surface area contributed by atoms with E-state index in [1.807, 2.05) is 18.4 Å². The van der Waals surface area contributed by atoms with Gasteiger partial charge >= 0.3 is 0 Å². The molecule has 1 saturated carbocycles. The Morgan fingerprint density at radius 3 is 2.68 bits per heavy atom. The lowest BCUT2D eigenvalue weighted by Crippen LogP contribution is -2.32. The lowest BCUT2D eigenvalue weighted by Gasteiger charge is -2.31. The smallest absolute Gasteiger partial charge is 0.185 e. The third kappa shape index (κ3) is 3.69. The van der Waals surface area contributed by atoms with Gasteiger partial charge in [-0.05, 0) is 39.2 Å². The van der Waals surface area contributed by atoms with Crippen LogP contribution in [0.1, 0.15) is 50.1 Å². The molecule has 1 aliphatic rings. The maximum atomic E-state index is 4.91. The Hall–Kier alpha value is -0.610. The molecule has 1 aliphatic carbocycles. The van der Waals surface area contributed by atoms with Gasteiger partial charge in [0.2, 0.25) is 0 Å². The first-order chi connectivity index (χ1) is 9.28. The van der Waals surface area contributed by atoms with Crippen molar-refractivity contribution in [3.05, 3.63) is 10.6 Å².